The molecule has 0 aliphatic heterocycles. The predicted octanol–water partition coefficient (Wildman–Crippen LogP) is 4.56. The van der Waals surface area contributed by atoms with E-state index in [0.29, 0.717) is 21.9 Å². The van der Waals surface area contributed by atoms with E-state index in [9.17, 15) is 9.18 Å². The zero-order valence-electron chi connectivity index (χ0n) is 12.1. The smallest absolute Gasteiger partial charge is 0.356 e. The molecule has 2 aromatic carbocycles. The molecule has 1 aromatic heterocycles. The molecule has 3 aromatic rings. The molecule has 0 saturated heterocycles. The number of carbonyl (C=O) groups is 1. The molecule has 0 fully saturated rings. The topological polar surface area (TPSA) is 51.2 Å². The normalized spacial score (nSPS) is 10.6. The number of rotatable bonds is 3. The Kier molecular flexibility index (Phi) is 4.12. The summed E-state index contributed by atoms with van der Waals surface area (Å²) in [6.07, 6.45) is 0. The summed E-state index contributed by atoms with van der Waals surface area (Å²) >= 11 is 6.04. The van der Waals surface area contributed by atoms with Gasteiger partial charge in [-0.3, -0.25) is 0 Å². The largest absolute Gasteiger partial charge is 0.464 e. The Morgan fingerprint density at radius 2 is 2.04 bits per heavy atom. The molecule has 0 unspecified atom stereocenters. The summed E-state index contributed by atoms with van der Waals surface area (Å²) in [5, 5.41) is 4.34. The number of fused-ring (bicyclic) bond motifs is 1. The zero-order valence-corrected chi connectivity index (χ0v) is 12.9. The Hall–Kier alpha value is -2.66. The SMILES string of the molecule is COC(=O)c1cc(Nc2cccc(F)c2)c2cc(Cl)ccc2n1. The summed E-state index contributed by atoms with van der Waals surface area (Å²) in [5.41, 5.74) is 1.87. The van der Waals surface area contributed by atoms with E-state index in [0.717, 1.165) is 5.39 Å². The first-order valence-corrected chi connectivity index (χ1v) is 7.16. The van der Waals surface area contributed by atoms with Gasteiger partial charge in [0.05, 0.1) is 18.3 Å². The average molecular weight is 331 g/mol. The number of nitrogens with one attached hydrogen (secondary N) is 1. The van der Waals surface area contributed by atoms with Crippen LogP contribution in [0.3, 0.4) is 0 Å². The average Bonchev–Trinajstić information content (AvgIpc) is 2.54. The molecule has 23 heavy (non-hydrogen) atoms. The Morgan fingerprint density at radius 1 is 1.22 bits per heavy atom. The van der Waals surface area contributed by atoms with E-state index >= 15 is 0 Å². The van der Waals surface area contributed by atoms with Gasteiger partial charge in [0.25, 0.3) is 0 Å². The molecule has 0 atom stereocenters. The molecule has 1 N–H and O–H groups in total. The number of pyridine rings is 1. The van der Waals surface area contributed by atoms with Crippen molar-refractivity contribution >= 4 is 39.8 Å². The lowest BCUT2D eigenvalue weighted by Gasteiger charge is -2.12. The van der Waals surface area contributed by atoms with Crippen LogP contribution in [0.1, 0.15) is 10.5 Å². The lowest BCUT2D eigenvalue weighted by atomic mass is 10.1. The van der Waals surface area contributed by atoms with Crippen LogP contribution in [-0.2, 0) is 4.74 Å². The second-order valence-corrected chi connectivity index (χ2v) is 5.28. The van der Waals surface area contributed by atoms with Crippen molar-refractivity contribution in [3.8, 4) is 0 Å². The molecule has 0 aliphatic carbocycles. The Labute approximate surface area is 136 Å². The molecule has 0 saturated carbocycles. The first kappa shape index (κ1) is 15.2. The second-order valence-electron chi connectivity index (χ2n) is 4.84. The highest BCUT2D eigenvalue weighted by molar-refractivity contribution is 6.31. The molecular formula is C17H12ClFN2O2. The van der Waals surface area contributed by atoms with Crippen molar-refractivity contribution in [1.29, 1.82) is 0 Å². The van der Waals surface area contributed by atoms with Crippen molar-refractivity contribution in [1.82, 2.24) is 4.98 Å². The van der Waals surface area contributed by atoms with Crippen LogP contribution in [-0.4, -0.2) is 18.1 Å². The van der Waals surface area contributed by atoms with E-state index < -0.39 is 5.97 Å². The van der Waals surface area contributed by atoms with E-state index in [4.69, 9.17) is 16.3 Å². The van der Waals surface area contributed by atoms with Gasteiger partial charge in [0, 0.05) is 16.1 Å². The van der Waals surface area contributed by atoms with Crippen LogP contribution < -0.4 is 5.32 Å². The van der Waals surface area contributed by atoms with Crippen molar-refractivity contribution < 1.29 is 13.9 Å². The van der Waals surface area contributed by atoms with Gasteiger partial charge in [-0.15, -0.1) is 0 Å². The van der Waals surface area contributed by atoms with Gasteiger partial charge in [-0.05, 0) is 42.5 Å². The van der Waals surface area contributed by atoms with Crippen LogP contribution in [0.4, 0.5) is 15.8 Å². The zero-order chi connectivity index (χ0) is 16.4. The van der Waals surface area contributed by atoms with Crippen LogP contribution in [0.2, 0.25) is 5.02 Å². The molecule has 0 bridgehead atoms. The maximum Gasteiger partial charge on any atom is 0.356 e. The highest BCUT2D eigenvalue weighted by atomic mass is 35.5. The van der Waals surface area contributed by atoms with Gasteiger partial charge in [-0.2, -0.15) is 0 Å². The summed E-state index contributed by atoms with van der Waals surface area (Å²) in [6.45, 7) is 0. The lowest BCUT2D eigenvalue weighted by molar-refractivity contribution is 0.0594. The van der Waals surface area contributed by atoms with Gasteiger partial charge in [0.1, 0.15) is 5.82 Å². The van der Waals surface area contributed by atoms with E-state index in [1.54, 1.807) is 36.4 Å². The number of methoxy groups -OCH3 is 1. The third kappa shape index (κ3) is 3.24. The van der Waals surface area contributed by atoms with E-state index in [-0.39, 0.29) is 11.5 Å². The maximum absolute atomic E-state index is 13.4. The van der Waals surface area contributed by atoms with Gasteiger partial charge < -0.3 is 10.1 Å². The quantitative estimate of drug-likeness (QED) is 0.715. The number of esters is 1. The molecule has 116 valence electrons. The molecule has 3 rings (SSSR count). The Morgan fingerprint density at radius 3 is 2.78 bits per heavy atom. The molecule has 0 radical (unpaired) electrons. The van der Waals surface area contributed by atoms with Gasteiger partial charge in [0.15, 0.2) is 5.69 Å². The fraction of sp³-hybridized carbons (Fsp3) is 0.0588. The number of halogens is 2. The van der Waals surface area contributed by atoms with Gasteiger partial charge >= 0.3 is 5.97 Å². The summed E-state index contributed by atoms with van der Waals surface area (Å²) in [5.74, 6) is -0.913. The van der Waals surface area contributed by atoms with E-state index in [1.807, 2.05) is 0 Å². The summed E-state index contributed by atoms with van der Waals surface area (Å²) < 4.78 is 18.1. The fourth-order valence-electron chi connectivity index (χ4n) is 2.23. The number of aromatic nitrogens is 1. The van der Waals surface area contributed by atoms with Crippen molar-refractivity contribution in [2.45, 2.75) is 0 Å². The number of ether oxygens (including phenoxy) is 1. The summed E-state index contributed by atoms with van der Waals surface area (Å²) in [4.78, 5) is 16.0. The monoisotopic (exact) mass is 330 g/mol. The number of hydrogen-bond acceptors (Lipinski definition) is 4. The first-order valence-electron chi connectivity index (χ1n) is 6.78. The van der Waals surface area contributed by atoms with Crippen molar-refractivity contribution in [3.63, 3.8) is 0 Å². The molecule has 0 aliphatic rings. The predicted molar refractivity (Wildman–Crippen MR) is 87.8 cm³/mol. The maximum atomic E-state index is 13.4. The van der Waals surface area contributed by atoms with Gasteiger partial charge in [-0.25, -0.2) is 14.2 Å². The van der Waals surface area contributed by atoms with Gasteiger partial charge in [-0.1, -0.05) is 17.7 Å². The van der Waals surface area contributed by atoms with Crippen LogP contribution in [0.5, 0.6) is 0 Å². The van der Waals surface area contributed by atoms with Crippen LogP contribution in [0.25, 0.3) is 10.9 Å². The summed E-state index contributed by atoms with van der Waals surface area (Å²) in [7, 11) is 1.29. The van der Waals surface area contributed by atoms with E-state index in [1.165, 1.54) is 19.2 Å². The minimum absolute atomic E-state index is 0.154. The Bertz CT molecular complexity index is 899. The molecule has 1 heterocycles. The van der Waals surface area contributed by atoms with Crippen molar-refractivity contribution in [3.05, 3.63) is 65.1 Å². The first-order chi connectivity index (χ1) is 11.1. The van der Waals surface area contributed by atoms with Crippen LogP contribution >= 0.6 is 11.6 Å². The highest BCUT2D eigenvalue weighted by Gasteiger charge is 2.13. The van der Waals surface area contributed by atoms with Crippen molar-refractivity contribution in [2.24, 2.45) is 0 Å². The molecule has 0 spiro atoms. The third-order valence-corrected chi connectivity index (χ3v) is 3.50. The molecular weight excluding hydrogens is 319 g/mol. The number of hydrogen-bond donors (Lipinski definition) is 1. The standard InChI is InChI=1S/C17H12ClFN2O2/c1-23-17(22)16-9-15(20-12-4-2-3-11(19)8-12)13-7-10(18)5-6-14(13)21-16/h2-9H,1H3,(H,20,21). The van der Waals surface area contributed by atoms with Crippen LogP contribution in [0.15, 0.2) is 48.5 Å². The Balaban J connectivity index is 2.15. The number of anilines is 2. The second kappa shape index (κ2) is 6.22. The molecule has 4 nitrogen and oxygen atoms in total. The number of benzene rings is 2. The summed E-state index contributed by atoms with van der Waals surface area (Å²) in [6, 6.07) is 12.7. The molecule has 6 heteroatoms. The molecule has 0 amide bonds. The number of nitrogens with zero attached hydrogens (tertiary/aromatic N) is 1. The minimum Gasteiger partial charge on any atom is -0.464 e. The van der Waals surface area contributed by atoms with E-state index in [2.05, 4.69) is 10.3 Å². The minimum atomic E-state index is -0.552. The lowest BCUT2D eigenvalue weighted by Crippen LogP contribution is -2.06. The number of carbonyl (C=O) groups excluding carboxylic acids is 1. The third-order valence-electron chi connectivity index (χ3n) is 3.27. The van der Waals surface area contributed by atoms with Crippen molar-refractivity contribution in [2.75, 3.05) is 12.4 Å². The van der Waals surface area contributed by atoms with Gasteiger partial charge in [0.2, 0.25) is 0 Å². The highest BCUT2D eigenvalue weighted by Crippen LogP contribution is 2.29. The van der Waals surface area contributed by atoms with Crippen LogP contribution in [0, 0.1) is 5.82 Å². The fourth-order valence-corrected chi connectivity index (χ4v) is 2.40.